The normalized spacial score (nSPS) is 14.5. The molecule has 0 rings (SSSR count). The zero-order chi connectivity index (χ0) is 72.8. The summed E-state index contributed by atoms with van der Waals surface area (Å²) in [7, 11) is -9.94. The Labute approximate surface area is 604 Å². The zero-order valence-electron chi connectivity index (χ0n) is 63.8. The molecule has 19 heteroatoms. The molecule has 0 amide bonds. The lowest BCUT2D eigenvalue weighted by Gasteiger charge is -2.21. The zero-order valence-corrected chi connectivity index (χ0v) is 65.6. The van der Waals surface area contributed by atoms with Crippen LogP contribution in [0, 0.1) is 11.8 Å². The van der Waals surface area contributed by atoms with Gasteiger partial charge in [0.15, 0.2) is 12.2 Å². The maximum absolute atomic E-state index is 13.1. The lowest BCUT2D eigenvalue weighted by Crippen LogP contribution is -2.30. The van der Waals surface area contributed by atoms with E-state index in [9.17, 15) is 43.2 Å². The van der Waals surface area contributed by atoms with E-state index in [0.29, 0.717) is 25.7 Å². The van der Waals surface area contributed by atoms with Gasteiger partial charge in [0, 0.05) is 25.7 Å². The lowest BCUT2D eigenvalue weighted by atomic mass is 9.99. The van der Waals surface area contributed by atoms with Gasteiger partial charge >= 0.3 is 39.5 Å². The minimum absolute atomic E-state index is 0.0822. The van der Waals surface area contributed by atoms with E-state index in [-0.39, 0.29) is 25.7 Å². The Morgan fingerprint density at radius 3 is 0.899 bits per heavy atom. The van der Waals surface area contributed by atoms with Crippen LogP contribution in [-0.4, -0.2) is 96.7 Å². The molecule has 580 valence electrons. The van der Waals surface area contributed by atoms with E-state index in [2.05, 4.69) is 90.2 Å². The third-order valence-electron chi connectivity index (χ3n) is 17.8. The Bertz CT molecular complexity index is 2100. The third-order valence-corrected chi connectivity index (χ3v) is 19.7. The largest absolute Gasteiger partial charge is 0.472 e. The van der Waals surface area contributed by atoms with Crippen LogP contribution in [0.15, 0.2) is 48.6 Å². The number of phosphoric ester groups is 2. The standard InChI is InChI=1S/C80H148O17P2/c1-7-10-12-14-16-18-20-22-24-29-33-37-44-50-56-62-77(82)90-68-75(96-79(84)65-59-53-47-39-35-31-27-26-28-32-36-42-48-54-60-72(4)5)70-94-98(86,87)92-66-74(81)67-93-99(88,89)95-71-76(69-91-78(83)63-57-51-45-41-40-43-49-55-61-73(6)9-3)97-80(85)64-58-52-46-38-34-30-25-23-21-19-17-15-13-11-8-2/h18-25,72-76,81H,7-17,26-71H2,1-6H3,(H,86,87)(H,88,89)/b20-18-,21-19-,24-22-,25-23-/t73?,74-,75-,76-/m1/s1. The summed E-state index contributed by atoms with van der Waals surface area (Å²) in [6.45, 7) is 9.51. The van der Waals surface area contributed by atoms with Crippen molar-refractivity contribution in [2.75, 3.05) is 39.6 Å². The number of phosphoric acid groups is 2. The van der Waals surface area contributed by atoms with Gasteiger partial charge in [-0.1, -0.05) is 315 Å². The van der Waals surface area contributed by atoms with Crippen molar-refractivity contribution in [3.05, 3.63) is 48.6 Å². The summed E-state index contributed by atoms with van der Waals surface area (Å²) in [4.78, 5) is 73.0. The molecule has 0 saturated carbocycles. The van der Waals surface area contributed by atoms with Crippen LogP contribution in [0.5, 0.6) is 0 Å². The number of carbonyl (C=O) groups is 4. The molecule has 0 radical (unpaired) electrons. The quantitative estimate of drug-likeness (QED) is 0.0169. The molecule has 0 aromatic heterocycles. The number of aliphatic hydroxyl groups excluding tert-OH is 1. The van der Waals surface area contributed by atoms with Crippen LogP contribution in [0.3, 0.4) is 0 Å². The van der Waals surface area contributed by atoms with Gasteiger partial charge in [-0.15, -0.1) is 0 Å². The molecule has 0 aliphatic heterocycles. The summed E-state index contributed by atoms with van der Waals surface area (Å²) in [6.07, 6.45) is 65.3. The van der Waals surface area contributed by atoms with Gasteiger partial charge in [0.2, 0.25) is 0 Å². The van der Waals surface area contributed by atoms with Crippen molar-refractivity contribution in [1.29, 1.82) is 0 Å². The molecule has 0 spiro atoms. The van der Waals surface area contributed by atoms with Crippen molar-refractivity contribution in [3.8, 4) is 0 Å². The van der Waals surface area contributed by atoms with Crippen LogP contribution < -0.4 is 0 Å². The predicted octanol–water partition coefficient (Wildman–Crippen LogP) is 23.0. The second-order valence-corrected chi connectivity index (χ2v) is 31.1. The Hall–Kier alpha value is -2.98. The monoisotopic (exact) mass is 1440 g/mol. The summed E-state index contributed by atoms with van der Waals surface area (Å²) >= 11 is 0. The van der Waals surface area contributed by atoms with Crippen molar-refractivity contribution in [2.45, 2.75) is 387 Å². The first-order valence-corrected chi connectivity index (χ1v) is 43.2. The first kappa shape index (κ1) is 96.0. The summed E-state index contributed by atoms with van der Waals surface area (Å²) in [5.41, 5.74) is 0. The van der Waals surface area contributed by atoms with E-state index >= 15 is 0 Å². The smallest absolute Gasteiger partial charge is 0.462 e. The van der Waals surface area contributed by atoms with Gasteiger partial charge in [-0.05, 0) is 88.9 Å². The second-order valence-electron chi connectivity index (χ2n) is 28.2. The fourth-order valence-corrected chi connectivity index (χ4v) is 12.8. The maximum Gasteiger partial charge on any atom is 0.472 e. The number of ether oxygens (including phenoxy) is 4. The van der Waals surface area contributed by atoms with E-state index in [4.69, 9.17) is 37.0 Å². The number of hydrogen-bond acceptors (Lipinski definition) is 15. The highest BCUT2D eigenvalue weighted by Gasteiger charge is 2.30. The summed E-state index contributed by atoms with van der Waals surface area (Å²) in [5.74, 6) is -0.607. The number of hydrogen-bond donors (Lipinski definition) is 3. The van der Waals surface area contributed by atoms with E-state index in [1.807, 2.05) is 0 Å². The van der Waals surface area contributed by atoms with Gasteiger partial charge in [0.1, 0.15) is 19.3 Å². The van der Waals surface area contributed by atoms with E-state index < -0.39 is 97.5 Å². The van der Waals surface area contributed by atoms with E-state index in [0.717, 1.165) is 134 Å². The number of aliphatic hydroxyl groups is 1. The van der Waals surface area contributed by atoms with Crippen LogP contribution in [0.2, 0.25) is 0 Å². The van der Waals surface area contributed by atoms with Crippen LogP contribution in [0.4, 0.5) is 0 Å². The molecule has 0 bridgehead atoms. The van der Waals surface area contributed by atoms with Gasteiger partial charge < -0.3 is 33.8 Å². The maximum atomic E-state index is 13.1. The molecule has 3 N–H and O–H groups in total. The van der Waals surface area contributed by atoms with Crippen molar-refractivity contribution < 1.29 is 80.2 Å². The Morgan fingerprint density at radius 1 is 0.333 bits per heavy atom. The molecule has 0 aliphatic rings. The first-order valence-electron chi connectivity index (χ1n) is 40.2. The molecule has 0 fully saturated rings. The molecule has 17 nitrogen and oxygen atoms in total. The molecule has 0 aromatic rings. The fourth-order valence-electron chi connectivity index (χ4n) is 11.2. The SMILES string of the molecule is CCCCCC/C=C\C=C/CCCCCCCC(=O)OC[C@H](COP(=O)(O)OC[C@@H](O)COP(=O)(O)OC[C@@H](COC(=O)CCCCCCCCCCC(C)CC)OC(=O)CCCCCCC/C=C\C=C/CCCCCC)OC(=O)CCCCCCCCCCCCCCCCC(C)C. The van der Waals surface area contributed by atoms with Crippen LogP contribution >= 0.6 is 15.6 Å². The van der Waals surface area contributed by atoms with E-state index in [1.54, 1.807) is 0 Å². The molecule has 0 saturated heterocycles. The summed E-state index contributed by atoms with van der Waals surface area (Å²) < 4.78 is 68.6. The fraction of sp³-hybridized carbons (Fsp3) is 0.850. The van der Waals surface area contributed by atoms with Gasteiger partial charge in [0.05, 0.1) is 26.4 Å². The van der Waals surface area contributed by atoms with Crippen LogP contribution in [-0.2, 0) is 65.4 Å². The van der Waals surface area contributed by atoms with Gasteiger partial charge in [-0.2, -0.15) is 0 Å². The number of unbranched alkanes of at least 4 members (excludes halogenated alkanes) is 38. The number of allylic oxidation sites excluding steroid dienone is 8. The molecular formula is C80H148O17P2. The molecule has 0 aromatic carbocycles. The molecule has 6 atom stereocenters. The van der Waals surface area contributed by atoms with Gasteiger partial charge in [-0.25, -0.2) is 9.13 Å². The Balaban J connectivity index is 5.34. The van der Waals surface area contributed by atoms with Crippen molar-refractivity contribution in [3.63, 3.8) is 0 Å². The summed E-state index contributed by atoms with van der Waals surface area (Å²) in [5, 5.41) is 10.6. The minimum atomic E-state index is -4.97. The number of carbonyl (C=O) groups excluding carboxylic acids is 4. The van der Waals surface area contributed by atoms with Crippen molar-refractivity contribution in [1.82, 2.24) is 0 Å². The number of rotatable bonds is 75. The van der Waals surface area contributed by atoms with Crippen molar-refractivity contribution >= 4 is 39.5 Å². The van der Waals surface area contributed by atoms with Crippen LogP contribution in [0.25, 0.3) is 0 Å². The Kier molecular flexibility index (Phi) is 68.5. The first-order chi connectivity index (χ1) is 47.9. The van der Waals surface area contributed by atoms with Crippen molar-refractivity contribution in [2.24, 2.45) is 11.8 Å². The average molecular weight is 1440 g/mol. The predicted molar refractivity (Wildman–Crippen MR) is 404 cm³/mol. The molecular weight excluding hydrogens is 1290 g/mol. The second kappa shape index (κ2) is 70.7. The lowest BCUT2D eigenvalue weighted by molar-refractivity contribution is -0.161. The molecule has 99 heavy (non-hydrogen) atoms. The average Bonchev–Trinajstić information content (AvgIpc) is 2.67. The van der Waals surface area contributed by atoms with Gasteiger partial charge in [0.25, 0.3) is 0 Å². The highest BCUT2D eigenvalue weighted by molar-refractivity contribution is 7.47. The molecule has 0 heterocycles. The van der Waals surface area contributed by atoms with Gasteiger partial charge in [-0.3, -0.25) is 37.3 Å². The molecule has 3 unspecified atom stereocenters. The topological polar surface area (TPSA) is 237 Å². The highest BCUT2D eigenvalue weighted by atomic mass is 31.2. The molecule has 0 aliphatic carbocycles. The summed E-state index contributed by atoms with van der Waals surface area (Å²) in [6, 6.07) is 0. The third kappa shape index (κ3) is 71.8. The van der Waals surface area contributed by atoms with E-state index in [1.165, 1.54) is 154 Å². The Morgan fingerprint density at radius 2 is 0.596 bits per heavy atom. The highest BCUT2D eigenvalue weighted by Crippen LogP contribution is 2.45. The van der Waals surface area contributed by atoms with Crippen LogP contribution in [0.1, 0.15) is 369 Å². The number of esters is 4. The minimum Gasteiger partial charge on any atom is -0.462 e.